The lowest BCUT2D eigenvalue weighted by Crippen LogP contribution is -2.13. The molecule has 0 aliphatic carbocycles. The fourth-order valence-electron chi connectivity index (χ4n) is 1.76. The summed E-state index contributed by atoms with van der Waals surface area (Å²) in [5.41, 5.74) is 0.233. The van der Waals surface area contributed by atoms with Gasteiger partial charge in [-0.3, -0.25) is 4.72 Å². The van der Waals surface area contributed by atoms with E-state index in [4.69, 9.17) is 9.47 Å². The lowest BCUT2D eigenvalue weighted by Gasteiger charge is -2.12. The van der Waals surface area contributed by atoms with Crippen LogP contribution in [0.15, 0.2) is 45.8 Å². The summed E-state index contributed by atoms with van der Waals surface area (Å²) >= 11 is 3.11. The van der Waals surface area contributed by atoms with E-state index in [0.29, 0.717) is 16.0 Å². The standard InChI is InChI=1S/C14H13BrFNO4S/c1-20-13-6-4-10(8-14(13)21-2)22(18,19)17-12-5-3-9(16)7-11(12)15/h3-8,17H,1-2H3. The zero-order valence-electron chi connectivity index (χ0n) is 11.8. The average Bonchev–Trinajstić information content (AvgIpc) is 2.49. The monoisotopic (exact) mass is 389 g/mol. The van der Waals surface area contributed by atoms with Gasteiger partial charge in [-0.05, 0) is 46.3 Å². The minimum absolute atomic E-state index is 0.00127. The van der Waals surface area contributed by atoms with Gasteiger partial charge in [-0.1, -0.05) is 0 Å². The first kappa shape index (κ1) is 16.6. The van der Waals surface area contributed by atoms with Crippen LogP contribution in [-0.4, -0.2) is 22.6 Å². The normalized spacial score (nSPS) is 11.1. The van der Waals surface area contributed by atoms with Crippen LogP contribution in [0.3, 0.4) is 0 Å². The van der Waals surface area contributed by atoms with Crippen molar-refractivity contribution in [1.82, 2.24) is 0 Å². The highest BCUT2D eigenvalue weighted by atomic mass is 79.9. The van der Waals surface area contributed by atoms with E-state index in [1.165, 1.54) is 44.6 Å². The summed E-state index contributed by atoms with van der Waals surface area (Å²) in [4.78, 5) is 0.00127. The van der Waals surface area contributed by atoms with Gasteiger partial charge in [0.15, 0.2) is 11.5 Å². The predicted molar refractivity (Wildman–Crippen MR) is 84.5 cm³/mol. The quantitative estimate of drug-likeness (QED) is 0.850. The molecule has 0 aliphatic rings. The molecule has 0 fully saturated rings. The first-order valence-corrected chi connectivity index (χ1v) is 8.35. The van der Waals surface area contributed by atoms with Gasteiger partial charge < -0.3 is 9.47 Å². The molecular formula is C14H13BrFNO4S. The molecule has 2 aromatic rings. The average molecular weight is 390 g/mol. The highest BCUT2D eigenvalue weighted by Crippen LogP contribution is 2.31. The SMILES string of the molecule is COc1ccc(S(=O)(=O)Nc2ccc(F)cc2Br)cc1OC. The maximum Gasteiger partial charge on any atom is 0.262 e. The highest BCUT2D eigenvalue weighted by molar-refractivity contribution is 9.10. The number of halogens is 2. The van der Waals surface area contributed by atoms with E-state index in [1.54, 1.807) is 0 Å². The summed E-state index contributed by atoms with van der Waals surface area (Å²) < 4.78 is 50.7. The Morgan fingerprint density at radius 2 is 1.73 bits per heavy atom. The molecule has 2 rings (SSSR count). The van der Waals surface area contributed by atoms with E-state index in [2.05, 4.69) is 20.7 Å². The highest BCUT2D eigenvalue weighted by Gasteiger charge is 2.18. The van der Waals surface area contributed by atoms with Crippen LogP contribution in [0.1, 0.15) is 0 Å². The van der Waals surface area contributed by atoms with E-state index < -0.39 is 15.8 Å². The molecule has 5 nitrogen and oxygen atoms in total. The van der Waals surface area contributed by atoms with Crippen LogP contribution in [-0.2, 0) is 10.0 Å². The van der Waals surface area contributed by atoms with Crippen molar-refractivity contribution in [3.63, 3.8) is 0 Å². The van der Waals surface area contributed by atoms with Crippen LogP contribution in [0, 0.1) is 5.82 Å². The number of ether oxygens (including phenoxy) is 2. The van der Waals surface area contributed by atoms with Crippen molar-refractivity contribution < 1.29 is 22.3 Å². The van der Waals surface area contributed by atoms with E-state index in [0.717, 1.165) is 6.07 Å². The fourth-order valence-corrected chi connectivity index (χ4v) is 3.44. The Morgan fingerprint density at radius 1 is 1.05 bits per heavy atom. The van der Waals surface area contributed by atoms with E-state index in [1.807, 2.05) is 0 Å². The molecular weight excluding hydrogens is 377 g/mol. The maximum absolute atomic E-state index is 13.0. The van der Waals surface area contributed by atoms with Gasteiger partial charge in [-0.15, -0.1) is 0 Å². The number of benzene rings is 2. The van der Waals surface area contributed by atoms with Crippen molar-refractivity contribution in [1.29, 1.82) is 0 Å². The molecule has 0 heterocycles. The third-order valence-corrected chi connectivity index (χ3v) is 4.86. The topological polar surface area (TPSA) is 64.6 Å². The molecule has 1 N–H and O–H groups in total. The van der Waals surface area contributed by atoms with Gasteiger partial charge in [0.05, 0.1) is 24.8 Å². The van der Waals surface area contributed by atoms with E-state index in [9.17, 15) is 12.8 Å². The molecule has 0 bridgehead atoms. The molecule has 0 spiro atoms. The van der Waals surface area contributed by atoms with Gasteiger partial charge in [0, 0.05) is 10.5 Å². The zero-order chi connectivity index (χ0) is 16.3. The lowest BCUT2D eigenvalue weighted by atomic mass is 10.3. The van der Waals surface area contributed by atoms with E-state index >= 15 is 0 Å². The van der Waals surface area contributed by atoms with Crippen LogP contribution in [0.2, 0.25) is 0 Å². The van der Waals surface area contributed by atoms with Crippen LogP contribution < -0.4 is 14.2 Å². The van der Waals surface area contributed by atoms with Crippen LogP contribution in [0.4, 0.5) is 10.1 Å². The Bertz CT molecular complexity index is 795. The Hall–Kier alpha value is -1.80. The molecule has 22 heavy (non-hydrogen) atoms. The third-order valence-electron chi connectivity index (χ3n) is 2.84. The smallest absolute Gasteiger partial charge is 0.262 e. The molecule has 0 amide bonds. The summed E-state index contributed by atoms with van der Waals surface area (Å²) in [6, 6.07) is 7.90. The number of hydrogen-bond acceptors (Lipinski definition) is 4. The summed E-state index contributed by atoms with van der Waals surface area (Å²) in [5, 5.41) is 0. The second kappa shape index (κ2) is 6.53. The van der Waals surface area contributed by atoms with E-state index in [-0.39, 0.29) is 10.6 Å². The van der Waals surface area contributed by atoms with Crippen LogP contribution in [0.25, 0.3) is 0 Å². The van der Waals surface area contributed by atoms with Crippen molar-refractivity contribution in [3.8, 4) is 11.5 Å². The van der Waals surface area contributed by atoms with Crippen LogP contribution >= 0.6 is 15.9 Å². The predicted octanol–water partition coefficient (Wildman–Crippen LogP) is 3.41. The minimum Gasteiger partial charge on any atom is -0.493 e. The van der Waals surface area contributed by atoms with Gasteiger partial charge >= 0.3 is 0 Å². The molecule has 0 aliphatic heterocycles. The Kier molecular flexibility index (Phi) is 4.92. The minimum atomic E-state index is -3.84. The second-order valence-corrected chi connectivity index (χ2v) is 6.78. The van der Waals surface area contributed by atoms with Gasteiger partial charge in [-0.25, -0.2) is 12.8 Å². The van der Waals surface area contributed by atoms with Crippen molar-refractivity contribution in [2.45, 2.75) is 4.90 Å². The first-order chi connectivity index (χ1) is 10.4. The molecule has 0 atom stereocenters. The number of methoxy groups -OCH3 is 2. The third kappa shape index (κ3) is 3.50. The zero-order valence-corrected chi connectivity index (χ0v) is 14.2. The molecule has 8 heteroatoms. The maximum atomic E-state index is 13.0. The van der Waals surface area contributed by atoms with Gasteiger partial charge in [0.2, 0.25) is 0 Å². The Balaban J connectivity index is 2.38. The summed E-state index contributed by atoms with van der Waals surface area (Å²) in [7, 11) is -0.971. The number of sulfonamides is 1. The largest absolute Gasteiger partial charge is 0.493 e. The summed E-state index contributed by atoms with van der Waals surface area (Å²) in [6.07, 6.45) is 0. The van der Waals surface area contributed by atoms with Gasteiger partial charge in [0.1, 0.15) is 5.82 Å². The molecule has 118 valence electrons. The number of rotatable bonds is 5. The Labute approximate surface area is 136 Å². The number of hydrogen-bond donors (Lipinski definition) is 1. The Morgan fingerprint density at radius 3 is 2.32 bits per heavy atom. The molecule has 0 saturated heterocycles. The number of nitrogens with one attached hydrogen (secondary N) is 1. The molecule has 2 aromatic carbocycles. The van der Waals surface area contributed by atoms with Crippen LogP contribution in [0.5, 0.6) is 11.5 Å². The van der Waals surface area contributed by atoms with Crippen molar-refractivity contribution in [2.75, 3.05) is 18.9 Å². The fraction of sp³-hybridized carbons (Fsp3) is 0.143. The van der Waals surface area contributed by atoms with Crippen molar-refractivity contribution in [2.24, 2.45) is 0 Å². The first-order valence-electron chi connectivity index (χ1n) is 6.07. The lowest BCUT2D eigenvalue weighted by molar-refractivity contribution is 0.354. The van der Waals surface area contributed by atoms with Crippen molar-refractivity contribution >= 4 is 31.6 Å². The van der Waals surface area contributed by atoms with Gasteiger partial charge in [0.25, 0.3) is 10.0 Å². The molecule has 0 unspecified atom stereocenters. The van der Waals surface area contributed by atoms with Crippen molar-refractivity contribution in [3.05, 3.63) is 46.7 Å². The van der Waals surface area contributed by atoms with Gasteiger partial charge in [-0.2, -0.15) is 0 Å². The summed E-state index contributed by atoms with van der Waals surface area (Å²) in [6.45, 7) is 0. The molecule has 0 radical (unpaired) electrons. The molecule has 0 saturated carbocycles. The molecule has 0 aromatic heterocycles. The number of anilines is 1. The second-order valence-electron chi connectivity index (χ2n) is 4.25. The summed E-state index contributed by atoms with van der Waals surface area (Å²) in [5.74, 6) is 0.244.